The lowest BCUT2D eigenvalue weighted by Gasteiger charge is -2.39. The third kappa shape index (κ3) is 7.23. The average Bonchev–Trinajstić information content (AvgIpc) is 2.34. The van der Waals surface area contributed by atoms with Crippen molar-refractivity contribution < 1.29 is 19.4 Å². The van der Waals surface area contributed by atoms with Gasteiger partial charge in [0.15, 0.2) is 0 Å². The fourth-order valence-corrected chi connectivity index (χ4v) is 3.37. The summed E-state index contributed by atoms with van der Waals surface area (Å²) in [6, 6.07) is -0.358. The molecule has 0 bridgehead atoms. The highest BCUT2D eigenvalue weighted by molar-refractivity contribution is 5.71. The van der Waals surface area contributed by atoms with Gasteiger partial charge in [0.1, 0.15) is 5.60 Å². The Morgan fingerprint density at radius 1 is 1.09 bits per heavy atom. The smallest absolute Gasteiger partial charge is 0.407 e. The van der Waals surface area contributed by atoms with Crippen LogP contribution in [0.1, 0.15) is 73.6 Å². The summed E-state index contributed by atoms with van der Waals surface area (Å²) in [4.78, 5) is 23.1. The van der Waals surface area contributed by atoms with Crippen LogP contribution >= 0.6 is 0 Å². The van der Waals surface area contributed by atoms with Gasteiger partial charge in [-0.25, -0.2) is 4.79 Å². The van der Waals surface area contributed by atoms with Crippen LogP contribution in [0.25, 0.3) is 0 Å². The first-order chi connectivity index (χ1) is 10.4. The molecule has 1 aliphatic rings. The Balaban J connectivity index is 2.65. The van der Waals surface area contributed by atoms with Crippen molar-refractivity contribution in [1.82, 2.24) is 5.32 Å². The van der Waals surface area contributed by atoms with E-state index >= 15 is 0 Å². The Hall–Kier alpha value is -1.26. The molecule has 2 N–H and O–H groups in total. The molecule has 0 spiro atoms. The highest BCUT2D eigenvalue weighted by atomic mass is 16.6. The van der Waals surface area contributed by atoms with Crippen LogP contribution in [0.3, 0.4) is 0 Å². The second-order valence-electron chi connectivity index (χ2n) is 8.83. The molecule has 0 heterocycles. The summed E-state index contributed by atoms with van der Waals surface area (Å²) in [7, 11) is 0. The standard InChI is InChI=1S/C18H33NO4/c1-17(2,3)13-9-7-12(8-10-13)14(11-15(20)21)19-16(22)23-18(4,5)6/h12-14H,7-11H2,1-6H3,(H,19,22)(H,20,21). The zero-order valence-electron chi connectivity index (χ0n) is 15.4. The van der Waals surface area contributed by atoms with Crippen LogP contribution in [-0.4, -0.2) is 28.8 Å². The number of ether oxygens (including phenoxy) is 1. The van der Waals surface area contributed by atoms with Crippen LogP contribution in [0.4, 0.5) is 4.79 Å². The summed E-state index contributed by atoms with van der Waals surface area (Å²) >= 11 is 0. The number of carbonyl (C=O) groups is 2. The predicted molar refractivity (Wildman–Crippen MR) is 90.3 cm³/mol. The van der Waals surface area contributed by atoms with Crippen molar-refractivity contribution in [3.05, 3.63) is 0 Å². The van der Waals surface area contributed by atoms with Gasteiger partial charge in [-0.2, -0.15) is 0 Å². The Morgan fingerprint density at radius 2 is 1.61 bits per heavy atom. The Labute approximate surface area is 140 Å². The van der Waals surface area contributed by atoms with E-state index in [0.717, 1.165) is 25.7 Å². The molecule has 1 atom stereocenters. The molecule has 1 unspecified atom stereocenters. The lowest BCUT2D eigenvalue weighted by molar-refractivity contribution is -0.138. The van der Waals surface area contributed by atoms with Crippen molar-refractivity contribution in [3.8, 4) is 0 Å². The predicted octanol–water partition coefficient (Wildman–Crippen LogP) is 4.21. The van der Waals surface area contributed by atoms with E-state index < -0.39 is 17.7 Å². The number of rotatable bonds is 4. The molecule has 0 radical (unpaired) electrons. The number of amides is 1. The van der Waals surface area contributed by atoms with Crippen LogP contribution in [0.2, 0.25) is 0 Å². The largest absolute Gasteiger partial charge is 0.481 e. The van der Waals surface area contributed by atoms with Crippen molar-refractivity contribution in [2.24, 2.45) is 17.3 Å². The number of carboxylic acids is 1. The van der Waals surface area contributed by atoms with Crippen molar-refractivity contribution >= 4 is 12.1 Å². The van der Waals surface area contributed by atoms with Crippen LogP contribution < -0.4 is 5.32 Å². The molecule has 1 amide bonds. The monoisotopic (exact) mass is 327 g/mol. The molecule has 1 fully saturated rings. The SMILES string of the molecule is CC(C)(C)OC(=O)NC(CC(=O)O)C1CCC(C(C)(C)C)CC1. The molecule has 0 aliphatic heterocycles. The molecule has 23 heavy (non-hydrogen) atoms. The average molecular weight is 327 g/mol. The molecule has 1 rings (SSSR count). The van der Waals surface area contributed by atoms with Gasteiger partial charge in [-0.05, 0) is 63.7 Å². The second kappa shape index (κ2) is 7.54. The molecule has 1 saturated carbocycles. The van der Waals surface area contributed by atoms with Crippen molar-refractivity contribution in [2.45, 2.75) is 85.3 Å². The molecule has 5 heteroatoms. The quantitative estimate of drug-likeness (QED) is 0.811. The Morgan fingerprint density at radius 3 is 2.00 bits per heavy atom. The van der Waals surface area contributed by atoms with Gasteiger partial charge in [-0.15, -0.1) is 0 Å². The minimum Gasteiger partial charge on any atom is -0.481 e. The second-order valence-corrected chi connectivity index (χ2v) is 8.83. The summed E-state index contributed by atoms with van der Waals surface area (Å²) in [5.41, 5.74) is -0.298. The van der Waals surface area contributed by atoms with Crippen LogP contribution in [0, 0.1) is 17.3 Å². The maximum absolute atomic E-state index is 12.0. The number of nitrogens with one attached hydrogen (secondary N) is 1. The fourth-order valence-electron chi connectivity index (χ4n) is 3.37. The number of carbonyl (C=O) groups excluding carboxylic acids is 1. The van der Waals surface area contributed by atoms with Crippen LogP contribution in [-0.2, 0) is 9.53 Å². The highest BCUT2D eigenvalue weighted by Gasteiger charge is 2.34. The number of aliphatic carboxylic acids is 1. The van der Waals surface area contributed by atoms with Gasteiger partial charge in [0.25, 0.3) is 0 Å². The summed E-state index contributed by atoms with van der Waals surface area (Å²) in [6.45, 7) is 12.2. The first-order valence-corrected chi connectivity index (χ1v) is 8.60. The number of alkyl carbamates (subject to hydrolysis) is 1. The van der Waals surface area contributed by atoms with Crippen molar-refractivity contribution in [3.63, 3.8) is 0 Å². The molecule has 0 aromatic heterocycles. The molecule has 0 aromatic carbocycles. The lowest BCUT2D eigenvalue weighted by Crippen LogP contribution is -2.45. The van der Waals surface area contributed by atoms with Crippen molar-refractivity contribution in [1.29, 1.82) is 0 Å². The van der Waals surface area contributed by atoms with E-state index in [0.29, 0.717) is 5.92 Å². The third-order valence-electron chi connectivity index (χ3n) is 4.66. The van der Waals surface area contributed by atoms with E-state index in [-0.39, 0.29) is 23.8 Å². The Bertz CT molecular complexity index is 412. The highest BCUT2D eigenvalue weighted by Crippen LogP contribution is 2.41. The minimum absolute atomic E-state index is 0.0515. The summed E-state index contributed by atoms with van der Waals surface area (Å²) in [6.07, 6.45) is 3.50. The van der Waals surface area contributed by atoms with E-state index in [4.69, 9.17) is 9.84 Å². The molecule has 0 saturated heterocycles. The molecule has 5 nitrogen and oxygen atoms in total. The normalized spacial score (nSPS) is 23.9. The molecule has 1 aliphatic carbocycles. The molecule has 134 valence electrons. The molecular formula is C18H33NO4. The maximum Gasteiger partial charge on any atom is 0.407 e. The molecule has 0 aromatic rings. The first kappa shape index (κ1) is 19.8. The molecular weight excluding hydrogens is 294 g/mol. The summed E-state index contributed by atoms with van der Waals surface area (Å²) in [5.74, 6) is -0.0213. The number of carboxylic acid groups (broad SMARTS) is 1. The van der Waals surface area contributed by atoms with E-state index in [1.807, 2.05) is 0 Å². The summed E-state index contributed by atoms with van der Waals surface area (Å²) < 4.78 is 5.27. The number of hydrogen-bond acceptors (Lipinski definition) is 3. The lowest BCUT2D eigenvalue weighted by atomic mass is 9.68. The zero-order chi connectivity index (χ0) is 17.8. The topological polar surface area (TPSA) is 75.6 Å². The zero-order valence-corrected chi connectivity index (χ0v) is 15.4. The minimum atomic E-state index is -0.885. The summed E-state index contributed by atoms with van der Waals surface area (Å²) in [5, 5.41) is 11.9. The van der Waals surface area contributed by atoms with Gasteiger partial charge >= 0.3 is 12.1 Å². The van der Waals surface area contributed by atoms with E-state index in [2.05, 4.69) is 26.1 Å². The van der Waals surface area contributed by atoms with Gasteiger partial charge in [0.2, 0.25) is 0 Å². The van der Waals surface area contributed by atoms with Gasteiger partial charge in [-0.3, -0.25) is 4.79 Å². The maximum atomic E-state index is 12.0. The van der Waals surface area contributed by atoms with Gasteiger partial charge in [0.05, 0.1) is 6.42 Å². The fraction of sp³-hybridized carbons (Fsp3) is 0.889. The van der Waals surface area contributed by atoms with Gasteiger partial charge in [-0.1, -0.05) is 20.8 Å². The van der Waals surface area contributed by atoms with Gasteiger partial charge in [0, 0.05) is 6.04 Å². The van der Waals surface area contributed by atoms with Crippen LogP contribution in [0.5, 0.6) is 0 Å². The van der Waals surface area contributed by atoms with Crippen molar-refractivity contribution in [2.75, 3.05) is 0 Å². The van der Waals surface area contributed by atoms with E-state index in [1.54, 1.807) is 20.8 Å². The third-order valence-corrected chi connectivity index (χ3v) is 4.66. The van der Waals surface area contributed by atoms with E-state index in [1.165, 1.54) is 0 Å². The van der Waals surface area contributed by atoms with Crippen LogP contribution in [0.15, 0.2) is 0 Å². The van der Waals surface area contributed by atoms with E-state index in [9.17, 15) is 9.59 Å². The van der Waals surface area contributed by atoms with Gasteiger partial charge < -0.3 is 15.2 Å². The number of hydrogen-bond donors (Lipinski definition) is 2. The first-order valence-electron chi connectivity index (χ1n) is 8.60. The Kier molecular flexibility index (Phi) is 6.49.